The second-order valence-electron chi connectivity index (χ2n) is 9.26. The first-order valence-corrected chi connectivity index (χ1v) is 9.24. The van der Waals surface area contributed by atoms with Crippen LogP contribution in [0.15, 0.2) is 0 Å². The van der Waals surface area contributed by atoms with Gasteiger partial charge in [-0.3, -0.25) is 4.79 Å². The topological polar surface area (TPSA) is 57.5 Å². The Labute approximate surface area is 133 Å². The molecule has 4 saturated carbocycles. The number of carbonyl (C=O) groups excluding carboxylic acids is 1. The average molecular weight is 306 g/mol. The Morgan fingerprint density at radius 1 is 1.05 bits per heavy atom. The molecule has 0 saturated heterocycles. The summed E-state index contributed by atoms with van der Waals surface area (Å²) >= 11 is 0. The lowest BCUT2D eigenvalue weighted by molar-refractivity contribution is -0.211. The fraction of sp³-hybridized carbons (Fsp3) is 0.947. The van der Waals surface area contributed by atoms with Crippen molar-refractivity contribution in [2.45, 2.75) is 83.3 Å². The molecule has 0 heterocycles. The SMILES string of the molecule is CC12CCCC1C1CC(=O)C3(O)CC(O)CCC3(C)C1CC2. The largest absolute Gasteiger partial charge is 0.393 e. The van der Waals surface area contributed by atoms with Crippen LogP contribution in [-0.2, 0) is 4.79 Å². The van der Waals surface area contributed by atoms with Crippen LogP contribution in [0.3, 0.4) is 0 Å². The summed E-state index contributed by atoms with van der Waals surface area (Å²) in [6.07, 6.45) is 8.10. The van der Waals surface area contributed by atoms with E-state index in [1.54, 1.807) is 0 Å². The normalized spacial score (nSPS) is 57.9. The minimum atomic E-state index is -1.28. The number of carbonyl (C=O) groups is 1. The quantitative estimate of drug-likeness (QED) is 0.723. The van der Waals surface area contributed by atoms with Gasteiger partial charge in [-0.1, -0.05) is 20.3 Å². The van der Waals surface area contributed by atoms with Gasteiger partial charge in [0.05, 0.1) is 6.10 Å². The molecule has 22 heavy (non-hydrogen) atoms. The molecule has 4 rings (SSSR count). The van der Waals surface area contributed by atoms with Crippen LogP contribution in [0.5, 0.6) is 0 Å². The number of hydrogen-bond acceptors (Lipinski definition) is 3. The number of Topliss-reactive ketones (excluding diaryl/α,β-unsaturated/α-hetero) is 1. The van der Waals surface area contributed by atoms with Crippen LogP contribution in [-0.4, -0.2) is 27.7 Å². The molecule has 2 N–H and O–H groups in total. The van der Waals surface area contributed by atoms with E-state index >= 15 is 0 Å². The summed E-state index contributed by atoms with van der Waals surface area (Å²) in [4.78, 5) is 12.9. The number of rotatable bonds is 0. The molecule has 4 aliphatic rings. The smallest absolute Gasteiger partial charge is 0.165 e. The highest BCUT2D eigenvalue weighted by Crippen LogP contribution is 2.66. The summed E-state index contributed by atoms with van der Waals surface area (Å²) in [6.45, 7) is 4.57. The Kier molecular flexibility index (Phi) is 3.14. The van der Waals surface area contributed by atoms with Crippen molar-refractivity contribution in [2.24, 2.45) is 28.6 Å². The zero-order valence-corrected chi connectivity index (χ0v) is 14.0. The molecule has 7 atom stereocenters. The molecule has 4 fully saturated rings. The van der Waals surface area contributed by atoms with Gasteiger partial charge in [-0.2, -0.15) is 0 Å². The second kappa shape index (κ2) is 4.57. The Morgan fingerprint density at radius 3 is 2.59 bits per heavy atom. The number of ketones is 1. The Balaban J connectivity index is 1.73. The van der Waals surface area contributed by atoms with Gasteiger partial charge in [-0.15, -0.1) is 0 Å². The maximum atomic E-state index is 12.9. The van der Waals surface area contributed by atoms with Gasteiger partial charge >= 0.3 is 0 Å². The van der Waals surface area contributed by atoms with E-state index < -0.39 is 11.7 Å². The predicted octanol–water partition coefficient (Wildman–Crippen LogP) is 3.07. The van der Waals surface area contributed by atoms with Gasteiger partial charge < -0.3 is 10.2 Å². The molecular formula is C19H30O3. The van der Waals surface area contributed by atoms with E-state index in [2.05, 4.69) is 13.8 Å². The fourth-order valence-corrected chi connectivity index (χ4v) is 7.01. The van der Waals surface area contributed by atoms with Crippen LogP contribution in [0, 0.1) is 28.6 Å². The van der Waals surface area contributed by atoms with Crippen LogP contribution in [0.4, 0.5) is 0 Å². The van der Waals surface area contributed by atoms with Crippen LogP contribution in [0.25, 0.3) is 0 Å². The van der Waals surface area contributed by atoms with Crippen molar-refractivity contribution in [3.8, 4) is 0 Å². The standard InChI is InChI=1S/C19H30O3/c1-17-7-3-4-14(17)13-10-16(21)19(22)11-12(20)5-9-18(19,2)15(13)6-8-17/h12-15,20,22H,3-11H2,1-2H3. The molecule has 4 aliphatic carbocycles. The van der Waals surface area contributed by atoms with Gasteiger partial charge in [0.2, 0.25) is 0 Å². The van der Waals surface area contributed by atoms with Crippen molar-refractivity contribution >= 4 is 5.78 Å². The van der Waals surface area contributed by atoms with Crippen LogP contribution >= 0.6 is 0 Å². The molecule has 0 aromatic heterocycles. The molecule has 7 unspecified atom stereocenters. The fourth-order valence-electron chi connectivity index (χ4n) is 7.01. The van der Waals surface area contributed by atoms with E-state index in [1.807, 2.05) is 0 Å². The summed E-state index contributed by atoms with van der Waals surface area (Å²) in [5.41, 5.74) is -1.17. The highest BCUT2D eigenvalue weighted by molar-refractivity contribution is 5.89. The predicted molar refractivity (Wildman–Crippen MR) is 84.2 cm³/mol. The number of hydrogen-bond donors (Lipinski definition) is 2. The van der Waals surface area contributed by atoms with Crippen molar-refractivity contribution in [2.75, 3.05) is 0 Å². The highest BCUT2D eigenvalue weighted by atomic mass is 16.3. The van der Waals surface area contributed by atoms with E-state index in [-0.39, 0.29) is 17.6 Å². The monoisotopic (exact) mass is 306 g/mol. The third-order valence-electron chi connectivity index (χ3n) is 8.39. The lowest BCUT2D eigenvalue weighted by Gasteiger charge is -2.62. The second-order valence-corrected chi connectivity index (χ2v) is 9.26. The van der Waals surface area contributed by atoms with Gasteiger partial charge in [0.1, 0.15) is 5.60 Å². The molecule has 124 valence electrons. The van der Waals surface area contributed by atoms with Crippen molar-refractivity contribution in [1.29, 1.82) is 0 Å². The first-order valence-electron chi connectivity index (χ1n) is 9.24. The molecule has 3 nitrogen and oxygen atoms in total. The summed E-state index contributed by atoms with van der Waals surface area (Å²) in [6, 6.07) is 0. The van der Waals surface area contributed by atoms with E-state index in [0.717, 1.165) is 19.3 Å². The Bertz CT molecular complexity index is 503. The van der Waals surface area contributed by atoms with Gasteiger partial charge in [0.15, 0.2) is 5.78 Å². The maximum Gasteiger partial charge on any atom is 0.165 e. The van der Waals surface area contributed by atoms with Crippen molar-refractivity contribution in [1.82, 2.24) is 0 Å². The lowest BCUT2D eigenvalue weighted by atomic mass is 9.43. The van der Waals surface area contributed by atoms with Gasteiger partial charge in [0, 0.05) is 18.3 Å². The molecular weight excluding hydrogens is 276 g/mol. The van der Waals surface area contributed by atoms with Crippen molar-refractivity contribution in [3.05, 3.63) is 0 Å². The summed E-state index contributed by atoms with van der Waals surface area (Å²) in [7, 11) is 0. The molecule has 0 spiro atoms. The van der Waals surface area contributed by atoms with Gasteiger partial charge in [-0.05, 0) is 61.7 Å². The third-order valence-corrected chi connectivity index (χ3v) is 8.39. The van der Waals surface area contributed by atoms with Gasteiger partial charge in [-0.25, -0.2) is 0 Å². The first kappa shape index (κ1) is 15.1. The molecule has 0 radical (unpaired) electrons. The van der Waals surface area contributed by atoms with E-state index in [9.17, 15) is 15.0 Å². The van der Waals surface area contributed by atoms with Crippen LogP contribution in [0.2, 0.25) is 0 Å². The molecule has 0 aliphatic heterocycles. The van der Waals surface area contributed by atoms with Crippen LogP contribution in [0.1, 0.15) is 71.6 Å². The molecule has 3 heteroatoms. The summed E-state index contributed by atoms with van der Waals surface area (Å²) in [5.74, 6) is 1.61. The molecule has 0 aromatic carbocycles. The van der Waals surface area contributed by atoms with Gasteiger partial charge in [0.25, 0.3) is 0 Å². The zero-order chi connectivity index (χ0) is 15.8. The molecule has 0 aromatic rings. The Morgan fingerprint density at radius 2 is 1.82 bits per heavy atom. The summed E-state index contributed by atoms with van der Waals surface area (Å²) < 4.78 is 0. The van der Waals surface area contributed by atoms with E-state index in [4.69, 9.17) is 0 Å². The average Bonchev–Trinajstić information content (AvgIpc) is 2.84. The highest BCUT2D eigenvalue weighted by Gasteiger charge is 2.66. The van der Waals surface area contributed by atoms with Crippen molar-refractivity contribution in [3.63, 3.8) is 0 Å². The minimum absolute atomic E-state index is 0.0196. The van der Waals surface area contributed by atoms with E-state index in [0.29, 0.717) is 29.6 Å². The minimum Gasteiger partial charge on any atom is -0.393 e. The maximum absolute atomic E-state index is 12.9. The first-order chi connectivity index (χ1) is 10.3. The van der Waals surface area contributed by atoms with Crippen molar-refractivity contribution < 1.29 is 15.0 Å². The number of fused-ring (bicyclic) bond motifs is 5. The Hall–Kier alpha value is -0.410. The number of aliphatic hydroxyl groups excluding tert-OH is 1. The van der Waals surface area contributed by atoms with E-state index in [1.165, 1.54) is 25.7 Å². The lowest BCUT2D eigenvalue weighted by Crippen LogP contribution is -2.66. The molecule has 0 bridgehead atoms. The number of aliphatic hydroxyl groups is 2. The van der Waals surface area contributed by atoms with Crippen LogP contribution < -0.4 is 0 Å². The molecule has 0 amide bonds. The third kappa shape index (κ3) is 1.73. The zero-order valence-electron chi connectivity index (χ0n) is 14.0. The summed E-state index contributed by atoms with van der Waals surface area (Å²) in [5, 5.41) is 21.2.